The van der Waals surface area contributed by atoms with Gasteiger partial charge in [-0.15, -0.1) is 11.3 Å². The van der Waals surface area contributed by atoms with Crippen LogP contribution in [0.5, 0.6) is 0 Å². The van der Waals surface area contributed by atoms with Crippen molar-refractivity contribution in [2.45, 2.75) is 43.4 Å². The van der Waals surface area contributed by atoms with Crippen LogP contribution in [0, 0.1) is 5.41 Å². The van der Waals surface area contributed by atoms with Gasteiger partial charge in [0.2, 0.25) is 10.0 Å². The Morgan fingerprint density at radius 2 is 2.25 bits per heavy atom. The zero-order chi connectivity index (χ0) is 11.8. The van der Waals surface area contributed by atoms with E-state index in [2.05, 4.69) is 18.6 Å². The van der Waals surface area contributed by atoms with E-state index in [1.807, 2.05) is 0 Å². The molecule has 1 aromatic rings. The van der Waals surface area contributed by atoms with Gasteiger partial charge in [-0.2, -0.15) is 0 Å². The average Bonchev–Trinajstić information content (AvgIpc) is 2.74. The summed E-state index contributed by atoms with van der Waals surface area (Å²) < 4.78 is 27.1. The summed E-state index contributed by atoms with van der Waals surface area (Å²) in [5.41, 5.74) is 0.267. The molecule has 1 aliphatic rings. The summed E-state index contributed by atoms with van der Waals surface area (Å²) in [4.78, 5) is 0. The molecule has 3 nitrogen and oxygen atoms in total. The van der Waals surface area contributed by atoms with E-state index in [0.29, 0.717) is 4.21 Å². The molecule has 5 heteroatoms. The molecule has 1 aliphatic carbocycles. The van der Waals surface area contributed by atoms with Gasteiger partial charge in [0.25, 0.3) is 0 Å². The number of rotatable bonds is 3. The van der Waals surface area contributed by atoms with E-state index < -0.39 is 10.0 Å². The maximum Gasteiger partial charge on any atom is 0.250 e. The average molecular weight is 259 g/mol. The Balaban J connectivity index is 2.06. The third kappa shape index (κ3) is 2.64. The third-order valence-electron chi connectivity index (χ3n) is 3.05. The van der Waals surface area contributed by atoms with Crippen LogP contribution in [0.1, 0.15) is 33.1 Å². The van der Waals surface area contributed by atoms with Crippen molar-refractivity contribution in [3.63, 3.8) is 0 Å². The second-order valence-corrected chi connectivity index (χ2v) is 8.05. The molecule has 0 aromatic carbocycles. The molecular formula is C11H17NO2S2. The highest BCUT2D eigenvalue weighted by Crippen LogP contribution is 2.37. The van der Waals surface area contributed by atoms with Gasteiger partial charge in [0, 0.05) is 6.04 Å². The molecule has 1 atom stereocenters. The van der Waals surface area contributed by atoms with Crippen LogP contribution >= 0.6 is 11.3 Å². The van der Waals surface area contributed by atoms with Crippen LogP contribution in [0.3, 0.4) is 0 Å². The van der Waals surface area contributed by atoms with Gasteiger partial charge in [0.1, 0.15) is 4.21 Å². The van der Waals surface area contributed by atoms with Gasteiger partial charge in [-0.1, -0.05) is 19.9 Å². The van der Waals surface area contributed by atoms with Crippen LogP contribution in [0.15, 0.2) is 21.7 Å². The quantitative estimate of drug-likeness (QED) is 0.907. The topological polar surface area (TPSA) is 46.2 Å². The normalized spacial score (nSPS) is 24.8. The minimum atomic E-state index is -3.28. The summed E-state index contributed by atoms with van der Waals surface area (Å²) in [5, 5.41) is 1.78. The highest BCUT2D eigenvalue weighted by molar-refractivity contribution is 7.91. The molecule has 1 N–H and O–H groups in total. The Labute approximate surface area is 101 Å². The van der Waals surface area contributed by atoms with Crippen molar-refractivity contribution in [2.75, 3.05) is 0 Å². The van der Waals surface area contributed by atoms with Crippen LogP contribution < -0.4 is 4.72 Å². The lowest BCUT2D eigenvalue weighted by Gasteiger charge is -2.17. The molecule has 90 valence electrons. The number of sulfonamides is 1. The lowest BCUT2D eigenvalue weighted by atomic mass is 9.92. The van der Waals surface area contributed by atoms with Gasteiger partial charge in [0.15, 0.2) is 0 Å². The van der Waals surface area contributed by atoms with E-state index >= 15 is 0 Å². The first-order chi connectivity index (χ1) is 7.39. The SMILES string of the molecule is CC1(C)CCC(NS(=O)(=O)c2cccs2)C1. The fraction of sp³-hybridized carbons (Fsp3) is 0.636. The highest BCUT2D eigenvalue weighted by Gasteiger charge is 2.33. The molecule has 0 spiro atoms. The molecule has 1 fully saturated rings. The molecule has 1 aromatic heterocycles. The Hall–Kier alpha value is -0.390. The van der Waals surface area contributed by atoms with Crippen LogP contribution in [-0.2, 0) is 10.0 Å². The standard InChI is InChI=1S/C11H17NO2S2/c1-11(2)6-5-9(8-11)12-16(13,14)10-4-3-7-15-10/h3-4,7,9,12H,5-6,8H2,1-2H3. The smallest absolute Gasteiger partial charge is 0.207 e. The van der Waals surface area contributed by atoms with Gasteiger partial charge < -0.3 is 0 Å². The van der Waals surface area contributed by atoms with E-state index in [9.17, 15) is 8.42 Å². The monoisotopic (exact) mass is 259 g/mol. The number of hydrogen-bond acceptors (Lipinski definition) is 3. The van der Waals surface area contributed by atoms with Crippen LogP contribution in [-0.4, -0.2) is 14.5 Å². The minimum Gasteiger partial charge on any atom is -0.207 e. The first-order valence-corrected chi connectivity index (χ1v) is 7.81. The maximum atomic E-state index is 12.0. The van der Waals surface area contributed by atoms with Gasteiger partial charge in [-0.25, -0.2) is 13.1 Å². The molecule has 1 saturated carbocycles. The van der Waals surface area contributed by atoms with Crippen molar-refractivity contribution in [3.05, 3.63) is 17.5 Å². The molecule has 0 bridgehead atoms. The fourth-order valence-corrected chi connectivity index (χ4v) is 4.51. The summed E-state index contributed by atoms with van der Waals surface area (Å²) in [7, 11) is -3.28. The second-order valence-electron chi connectivity index (χ2n) is 5.16. The molecular weight excluding hydrogens is 242 g/mol. The van der Waals surface area contributed by atoms with E-state index in [1.165, 1.54) is 11.3 Å². The van der Waals surface area contributed by atoms with Crippen LogP contribution in [0.2, 0.25) is 0 Å². The third-order valence-corrected chi connectivity index (χ3v) is 5.97. The lowest BCUT2D eigenvalue weighted by Crippen LogP contribution is -2.33. The number of thiophene rings is 1. The Bertz CT molecular complexity index is 448. The molecule has 1 unspecified atom stereocenters. The van der Waals surface area contributed by atoms with Crippen molar-refractivity contribution in [1.82, 2.24) is 4.72 Å². The van der Waals surface area contributed by atoms with Gasteiger partial charge in [-0.05, 0) is 36.1 Å². The van der Waals surface area contributed by atoms with E-state index in [0.717, 1.165) is 19.3 Å². The molecule has 0 radical (unpaired) electrons. The van der Waals surface area contributed by atoms with Gasteiger partial charge >= 0.3 is 0 Å². The predicted molar refractivity (Wildman–Crippen MR) is 66.1 cm³/mol. The molecule has 2 rings (SSSR count). The lowest BCUT2D eigenvalue weighted by molar-refractivity contribution is 0.372. The number of nitrogens with one attached hydrogen (secondary N) is 1. The first kappa shape index (κ1) is 12.1. The molecule has 1 heterocycles. The largest absolute Gasteiger partial charge is 0.250 e. The molecule has 16 heavy (non-hydrogen) atoms. The molecule has 0 amide bonds. The zero-order valence-corrected chi connectivity index (χ0v) is 11.2. The first-order valence-electron chi connectivity index (χ1n) is 5.45. The number of hydrogen-bond donors (Lipinski definition) is 1. The van der Waals surface area contributed by atoms with Crippen LogP contribution in [0.4, 0.5) is 0 Å². The van der Waals surface area contributed by atoms with Gasteiger partial charge in [0.05, 0.1) is 0 Å². The summed E-state index contributed by atoms with van der Waals surface area (Å²) in [5.74, 6) is 0. The van der Waals surface area contributed by atoms with E-state index in [4.69, 9.17) is 0 Å². The zero-order valence-electron chi connectivity index (χ0n) is 9.56. The van der Waals surface area contributed by atoms with E-state index in [-0.39, 0.29) is 11.5 Å². The Kier molecular flexibility index (Phi) is 3.11. The minimum absolute atomic E-state index is 0.0992. The second kappa shape index (κ2) is 4.13. The van der Waals surface area contributed by atoms with Crippen molar-refractivity contribution >= 4 is 21.4 Å². The summed E-state index contributed by atoms with van der Waals surface area (Å²) in [6, 6.07) is 3.51. The van der Waals surface area contributed by atoms with Crippen molar-refractivity contribution in [1.29, 1.82) is 0 Å². The molecule has 0 aliphatic heterocycles. The highest BCUT2D eigenvalue weighted by atomic mass is 32.2. The van der Waals surface area contributed by atoms with E-state index in [1.54, 1.807) is 17.5 Å². The van der Waals surface area contributed by atoms with Crippen molar-refractivity contribution in [2.24, 2.45) is 5.41 Å². The van der Waals surface area contributed by atoms with Gasteiger partial charge in [-0.3, -0.25) is 0 Å². The summed E-state index contributed by atoms with van der Waals surface area (Å²) in [6.45, 7) is 4.37. The Morgan fingerprint density at radius 3 is 2.75 bits per heavy atom. The Morgan fingerprint density at radius 1 is 1.50 bits per heavy atom. The van der Waals surface area contributed by atoms with Crippen molar-refractivity contribution in [3.8, 4) is 0 Å². The summed E-state index contributed by atoms with van der Waals surface area (Å²) >= 11 is 1.26. The predicted octanol–water partition coefficient (Wildman–Crippen LogP) is 2.61. The fourth-order valence-electron chi connectivity index (χ4n) is 2.23. The molecule has 0 saturated heterocycles. The summed E-state index contributed by atoms with van der Waals surface area (Å²) in [6.07, 6.45) is 2.96. The van der Waals surface area contributed by atoms with Crippen molar-refractivity contribution < 1.29 is 8.42 Å². The maximum absolute atomic E-state index is 12.0. The van der Waals surface area contributed by atoms with Crippen LogP contribution in [0.25, 0.3) is 0 Å².